The molecule has 0 aliphatic carbocycles. The molecule has 1 amide bonds. The van der Waals surface area contributed by atoms with E-state index in [-0.39, 0.29) is 5.91 Å². The van der Waals surface area contributed by atoms with Gasteiger partial charge in [0.05, 0.1) is 20.6 Å². The first-order chi connectivity index (χ1) is 11.5. The Morgan fingerprint density at radius 2 is 2.17 bits per heavy atom. The molecule has 1 unspecified atom stereocenters. The number of aromatic nitrogens is 1. The topological polar surface area (TPSA) is 70.5 Å². The molecular formula is C18H22N2O3S. The van der Waals surface area contributed by atoms with Gasteiger partial charge in [0.25, 0.3) is 0 Å². The van der Waals surface area contributed by atoms with E-state index in [4.69, 9.17) is 0 Å². The molecule has 0 spiro atoms. The van der Waals surface area contributed by atoms with Crippen LogP contribution in [0.4, 0.5) is 0 Å². The summed E-state index contributed by atoms with van der Waals surface area (Å²) < 4.78 is 1.17. The summed E-state index contributed by atoms with van der Waals surface area (Å²) >= 11 is 1.67. The predicted molar refractivity (Wildman–Crippen MR) is 94.1 cm³/mol. The van der Waals surface area contributed by atoms with Gasteiger partial charge < -0.3 is 10.0 Å². The van der Waals surface area contributed by atoms with Crippen LogP contribution in [-0.2, 0) is 16.0 Å². The van der Waals surface area contributed by atoms with E-state index in [1.54, 1.807) is 23.2 Å². The van der Waals surface area contributed by atoms with E-state index in [0.29, 0.717) is 25.9 Å². The van der Waals surface area contributed by atoms with E-state index in [9.17, 15) is 14.7 Å². The lowest BCUT2D eigenvalue weighted by Crippen LogP contribution is -2.48. The molecule has 3 rings (SSSR count). The molecule has 0 radical (unpaired) electrons. The summed E-state index contributed by atoms with van der Waals surface area (Å²) in [7, 11) is 0. The molecule has 2 heterocycles. The molecule has 1 aliphatic rings. The molecule has 1 atom stereocenters. The second-order valence-corrected chi connectivity index (χ2v) is 7.83. The molecule has 0 saturated carbocycles. The highest BCUT2D eigenvalue weighted by Gasteiger charge is 2.39. The Balaban J connectivity index is 1.52. The Labute approximate surface area is 145 Å². The largest absolute Gasteiger partial charge is 0.481 e. The van der Waals surface area contributed by atoms with Crippen molar-refractivity contribution in [2.75, 3.05) is 13.1 Å². The Morgan fingerprint density at radius 3 is 2.92 bits per heavy atom. The summed E-state index contributed by atoms with van der Waals surface area (Å²) in [6.07, 6.45) is 3.38. The van der Waals surface area contributed by atoms with E-state index >= 15 is 0 Å². The lowest BCUT2D eigenvalue weighted by atomic mass is 9.82. The third-order valence-electron chi connectivity index (χ3n) is 4.68. The van der Waals surface area contributed by atoms with Gasteiger partial charge in [-0.15, -0.1) is 11.3 Å². The first-order valence-electron chi connectivity index (χ1n) is 8.33. The van der Waals surface area contributed by atoms with E-state index in [1.165, 1.54) is 4.70 Å². The lowest BCUT2D eigenvalue weighted by molar-refractivity contribution is -0.153. The van der Waals surface area contributed by atoms with Crippen molar-refractivity contribution >= 4 is 33.4 Å². The average molecular weight is 346 g/mol. The number of para-hydroxylation sites is 1. The van der Waals surface area contributed by atoms with E-state index in [0.717, 1.165) is 29.8 Å². The zero-order valence-electron chi connectivity index (χ0n) is 13.8. The summed E-state index contributed by atoms with van der Waals surface area (Å²) in [5.74, 6) is -0.752. The number of piperidine rings is 1. The number of rotatable bonds is 5. The fourth-order valence-corrected chi connectivity index (χ4v) is 4.21. The van der Waals surface area contributed by atoms with Crippen molar-refractivity contribution in [3.05, 3.63) is 29.3 Å². The summed E-state index contributed by atoms with van der Waals surface area (Å²) in [5, 5.41) is 10.4. The maximum atomic E-state index is 12.4. The number of carbonyl (C=O) groups is 2. The Hall–Kier alpha value is -1.95. The minimum atomic E-state index is -0.811. The standard InChI is InChI=1S/C18H22N2O3S/c1-18(17(22)23)10-5-11-20(12-18)16(21)9-4-8-15-19-13-6-2-3-7-14(13)24-15/h2-3,6-7H,4-5,8-12H2,1H3,(H,22,23). The number of benzene rings is 1. The van der Waals surface area contributed by atoms with Gasteiger partial charge in [0, 0.05) is 19.5 Å². The number of carboxylic acids is 1. The fraction of sp³-hybridized carbons (Fsp3) is 0.500. The number of thiazole rings is 1. The van der Waals surface area contributed by atoms with Gasteiger partial charge in [0.1, 0.15) is 0 Å². The van der Waals surface area contributed by atoms with Crippen LogP contribution in [0.2, 0.25) is 0 Å². The van der Waals surface area contributed by atoms with Gasteiger partial charge in [0.2, 0.25) is 5.91 Å². The summed E-state index contributed by atoms with van der Waals surface area (Å²) in [4.78, 5) is 30.1. The molecule has 0 bridgehead atoms. The molecule has 24 heavy (non-hydrogen) atoms. The van der Waals surface area contributed by atoms with E-state index in [1.807, 2.05) is 18.2 Å². The van der Waals surface area contributed by atoms with Crippen LogP contribution in [0.1, 0.15) is 37.6 Å². The number of carbonyl (C=O) groups excluding carboxylic acids is 1. The third-order valence-corrected chi connectivity index (χ3v) is 5.78. The van der Waals surface area contributed by atoms with Gasteiger partial charge in [-0.1, -0.05) is 12.1 Å². The molecule has 128 valence electrons. The molecule has 2 aromatic rings. The van der Waals surface area contributed by atoms with Gasteiger partial charge in [-0.25, -0.2) is 4.98 Å². The zero-order chi connectivity index (χ0) is 17.2. The van der Waals surface area contributed by atoms with Crippen molar-refractivity contribution < 1.29 is 14.7 Å². The Kier molecular flexibility index (Phi) is 4.85. The van der Waals surface area contributed by atoms with Crippen LogP contribution < -0.4 is 0 Å². The number of nitrogens with zero attached hydrogens (tertiary/aromatic N) is 2. The highest BCUT2D eigenvalue weighted by Crippen LogP contribution is 2.30. The van der Waals surface area contributed by atoms with Crippen LogP contribution in [0, 0.1) is 5.41 Å². The SMILES string of the molecule is CC1(C(=O)O)CCCN(C(=O)CCCc2nc3ccccc3s2)C1. The average Bonchev–Trinajstić information content (AvgIpc) is 2.97. The fourth-order valence-electron chi connectivity index (χ4n) is 3.20. The number of aliphatic carboxylic acids is 1. The molecule has 6 heteroatoms. The number of fused-ring (bicyclic) bond motifs is 1. The van der Waals surface area contributed by atoms with Crippen LogP contribution in [-0.4, -0.2) is 40.0 Å². The van der Waals surface area contributed by atoms with Gasteiger partial charge >= 0.3 is 5.97 Å². The molecule has 1 N–H and O–H groups in total. The first kappa shape index (κ1) is 16.9. The first-order valence-corrected chi connectivity index (χ1v) is 9.15. The number of carboxylic acid groups (broad SMARTS) is 1. The Morgan fingerprint density at radius 1 is 1.38 bits per heavy atom. The molecule has 1 aliphatic heterocycles. The van der Waals surface area contributed by atoms with Crippen LogP contribution in [0.15, 0.2) is 24.3 Å². The number of aryl methyl sites for hydroxylation is 1. The highest BCUT2D eigenvalue weighted by molar-refractivity contribution is 7.18. The van der Waals surface area contributed by atoms with Crippen molar-refractivity contribution in [1.82, 2.24) is 9.88 Å². The number of likely N-dealkylation sites (tertiary alicyclic amines) is 1. The van der Waals surface area contributed by atoms with Crippen molar-refractivity contribution in [1.29, 1.82) is 0 Å². The molecule has 1 fully saturated rings. The van der Waals surface area contributed by atoms with Crippen LogP contribution in [0.5, 0.6) is 0 Å². The van der Waals surface area contributed by atoms with Gasteiger partial charge in [-0.05, 0) is 44.7 Å². The minimum Gasteiger partial charge on any atom is -0.481 e. The normalized spacial score (nSPS) is 21.1. The van der Waals surface area contributed by atoms with Crippen LogP contribution in [0.3, 0.4) is 0 Å². The van der Waals surface area contributed by atoms with Gasteiger partial charge in [0.15, 0.2) is 0 Å². The quantitative estimate of drug-likeness (QED) is 0.901. The Bertz CT molecular complexity index is 725. The van der Waals surface area contributed by atoms with Gasteiger partial charge in [-0.2, -0.15) is 0 Å². The smallest absolute Gasteiger partial charge is 0.311 e. The summed E-state index contributed by atoms with van der Waals surface area (Å²) in [6, 6.07) is 8.04. The molecular weight excluding hydrogens is 324 g/mol. The predicted octanol–water partition coefficient (Wildman–Crippen LogP) is 3.33. The highest BCUT2D eigenvalue weighted by atomic mass is 32.1. The van der Waals surface area contributed by atoms with Crippen molar-refractivity contribution in [2.45, 2.75) is 39.0 Å². The third kappa shape index (κ3) is 3.59. The van der Waals surface area contributed by atoms with E-state index in [2.05, 4.69) is 11.1 Å². The lowest BCUT2D eigenvalue weighted by Gasteiger charge is -2.37. The van der Waals surface area contributed by atoms with Crippen molar-refractivity contribution in [3.63, 3.8) is 0 Å². The number of hydrogen-bond donors (Lipinski definition) is 1. The number of hydrogen-bond acceptors (Lipinski definition) is 4. The summed E-state index contributed by atoms with van der Waals surface area (Å²) in [6.45, 7) is 2.72. The monoisotopic (exact) mass is 346 g/mol. The van der Waals surface area contributed by atoms with Crippen molar-refractivity contribution in [2.24, 2.45) is 5.41 Å². The van der Waals surface area contributed by atoms with E-state index < -0.39 is 11.4 Å². The van der Waals surface area contributed by atoms with Crippen LogP contribution >= 0.6 is 11.3 Å². The maximum Gasteiger partial charge on any atom is 0.311 e. The maximum absolute atomic E-state index is 12.4. The van der Waals surface area contributed by atoms with Crippen molar-refractivity contribution in [3.8, 4) is 0 Å². The molecule has 5 nitrogen and oxygen atoms in total. The molecule has 1 aromatic heterocycles. The molecule has 1 saturated heterocycles. The van der Waals surface area contributed by atoms with Crippen LogP contribution in [0.25, 0.3) is 10.2 Å². The van der Waals surface area contributed by atoms with Gasteiger partial charge in [-0.3, -0.25) is 9.59 Å². The second kappa shape index (κ2) is 6.89. The zero-order valence-corrected chi connectivity index (χ0v) is 14.6. The summed E-state index contributed by atoms with van der Waals surface area (Å²) in [5.41, 5.74) is 0.207. The number of amides is 1. The second-order valence-electron chi connectivity index (χ2n) is 6.71. The minimum absolute atomic E-state index is 0.0586. The molecule has 1 aromatic carbocycles.